The number of anilines is 2. The van der Waals surface area contributed by atoms with E-state index in [0.29, 0.717) is 77.4 Å². The summed E-state index contributed by atoms with van der Waals surface area (Å²) in [5.41, 5.74) is 14.1. The van der Waals surface area contributed by atoms with E-state index in [1.165, 1.54) is 5.69 Å². The molecule has 13 nitrogen and oxygen atoms in total. The lowest BCUT2D eigenvalue weighted by molar-refractivity contribution is 0.0815. The summed E-state index contributed by atoms with van der Waals surface area (Å²) in [6, 6.07) is 23.2. The number of aliphatic imine (C=N–C) groups is 2. The molecule has 0 saturated carbocycles. The van der Waals surface area contributed by atoms with Crippen LogP contribution in [0.4, 0.5) is 22.7 Å². The van der Waals surface area contributed by atoms with E-state index < -0.39 is 0 Å². The van der Waals surface area contributed by atoms with Crippen molar-refractivity contribution in [1.82, 2.24) is 14.7 Å². The summed E-state index contributed by atoms with van der Waals surface area (Å²) in [6.45, 7) is 7.43. The number of nitrogens with zero attached hydrogens (tertiary/aromatic N) is 6. The zero-order chi connectivity index (χ0) is 43.2. The van der Waals surface area contributed by atoms with Crippen molar-refractivity contribution in [2.45, 2.75) is 45.1 Å². The highest BCUT2D eigenvalue weighted by Gasteiger charge is 2.34. The summed E-state index contributed by atoms with van der Waals surface area (Å²) >= 11 is 0. The number of nitrogens with two attached hydrogens (primary N) is 1. The van der Waals surface area contributed by atoms with Gasteiger partial charge in [0.1, 0.15) is 0 Å². The predicted octanol–water partition coefficient (Wildman–Crippen LogP) is 8.25. The van der Waals surface area contributed by atoms with Gasteiger partial charge >= 0.3 is 0 Å². The van der Waals surface area contributed by atoms with Gasteiger partial charge in [0.15, 0.2) is 23.0 Å². The quantitative estimate of drug-likeness (QED) is 0.0928. The van der Waals surface area contributed by atoms with Crippen LogP contribution in [0.3, 0.4) is 0 Å². The Morgan fingerprint density at radius 1 is 0.790 bits per heavy atom. The van der Waals surface area contributed by atoms with Crippen LogP contribution in [0.1, 0.15) is 70.9 Å². The first-order chi connectivity index (χ1) is 30.2. The number of hydrogen-bond donors (Lipinski definition) is 1. The molecule has 322 valence electrons. The van der Waals surface area contributed by atoms with Crippen LogP contribution in [0.2, 0.25) is 0 Å². The fourth-order valence-electron chi connectivity index (χ4n) is 8.24. The van der Waals surface area contributed by atoms with Gasteiger partial charge in [0.25, 0.3) is 11.8 Å². The molecule has 2 amide bonds. The van der Waals surface area contributed by atoms with Crippen molar-refractivity contribution < 1.29 is 28.5 Å². The van der Waals surface area contributed by atoms with Gasteiger partial charge in [0, 0.05) is 80.9 Å². The molecule has 1 fully saturated rings. The van der Waals surface area contributed by atoms with Gasteiger partial charge in [-0.3, -0.25) is 19.6 Å². The first-order valence-electron chi connectivity index (χ1n) is 21.4. The SMILES string of the molecule is CC/C(=C\N1CC=Nc2cc(OCCCCCOc3cc4c(cc3OC)C(=O)N3C=C(c5ccc(N6CCN(C)CC6)cc5)C[C@H]3C=N4)c(OC)cc2C1=O)c1cccc(N)c1. The third-order valence-corrected chi connectivity index (χ3v) is 11.9. The average molecular weight is 838 g/mol. The van der Waals surface area contributed by atoms with Crippen LogP contribution in [0, 0.1) is 0 Å². The minimum absolute atomic E-state index is 0.115. The molecule has 0 bridgehead atoms. The molecule has 4 aromatic carbocycles. The highest BCUT2D eigenvalue weighted by atomic mass is 16.5. The van der Waals surface area contributed by atoms with Gasteiger partial charge in [-0.2, -0.15) is 0 Å². The van der Waals surface area contributed by atoms with Gasteiger partial charge in [-0.15, -0.1) is 0 Å². The van der Waals surface area contributed by atoms with Crippen molar-refractivity contribution in [3.63, 3.8) is 0 Å². The molecule has 2 N–H and O–H groups in total. The molecule has 8 rings (SSSR count). The number of hydrogen-bond acceptors (Lipinski definition) is 11. The number of carbonyl (C=O) groups is 2. The number of carbonyl (C=O) groups excluding carboxylic acids is 2. The van der Waals surface area contributed by atoms with E-state index in [1.54, 1.807) is 54.5 Å². The molecule has 4 aliphatic heterocycles. The van der Waals surface area contributed by atoms with E-state index in [0.717, 1.165) is 74.1 Å². The van der Waals surface area contributed by atoms with Crippen molar-refractivity contribution >= 4 is 58.1 Å². The second-order valence-electron chi connectivity index (χ2n) is 16.0. The van der Waals surface area contributed by atoms with E-state index in [9.17, 15) is 9.59 Å². The number of methoxy groups -OCH3 is 2. The lowest BCUT2D eigenvalue weighted by Crippen LogP contribution is -2.44. The van der Waals surface area contributed by atoms with Crippen LogP contribution < -0.4 is 29.6 Å². The normalized spacial score (nSPS) is 17.5. The number of piperazine rings is 1. The first kappa shape index (κ1) is 42.1. The number of benzene rings is 4. The van der Waals surface area contributed by atoms with Crippen molar-refractivity contribution in [1.29, 1.82) is 0 Å². The molecule has 0 spiro atoms. The van der Waals surface area contributed by atoms with Crippen molar-refractivity contribution in [2.75, 3.05) is 77.8 Å². The monoisotopic (exact) mass is 837 g/mol. The van der Waals surface area contributed by atoms with Crippen molar-refractivity contribution in [3.05, 3.63) is 107 Å². The number of nitrogen functional groups attached to an aromatic ring is 1. The Hall–Kier alpha value is -6.60. The minimum Gasteiger partial charge on any atom is -0.493 e. The summed E-state index contributed by atoms with van der Waals surface area (Å²) in [7, 11) is 5.30. The standard InChI is InChI=1S/C49H55N7O6/c1-5-33(35-10-9-11-37(50)24-35)31-55-17-16-51-42-28-46(44(59-3)26-40(42)48(55)57)61-22-7-6-8-23-62-47-29-43-41(27-45(47)60-4)49(58)56-32-36(25-39(56)30-52-43)34-12-14-38(15-13-34)54-20-18-53(2)19-21-54/h9-16,24,26-32,39H,5-8,17-23,25,50H2,1-4H3/b33-31+/t39-/m0/s1. The van der Waals surface area contributed by atoms with Crippen LogP contribution in [0.25, 0.3) is 11.1 Å². The third-order valence-electron chi connectivity index (χ3n) is 11.9. The Kier molecular flexibility index (Phi) is 12.9. The molecular formula is C49H55N7O6. The summed E-state index contributed by atoms with van der Waals surface area (Å²) in [4.78, 5) is 45.3. The fourth-order valence-corrected chi connectivity index (χ4v) is 8.24. The Morgan fingerprint density at radius 2 is 1.45 bits per heavy atom. The highest BCUT2D eigenvalue weighted by Crippen LogP contribution is 2.41. The Bertz CT molecular complexity index is 2420. The van der Waals surface area contributed by atoms with E-state index in [-0.39, 0.29) is 17.9 Å². The van der Waals surface area contributed by atoms with Gasteiger partial charge in [-0.05, 0) is 91.4 Å². The summed E-state index contributed by atoms with van der Waals surface area (Å²) in [5.74, 6) is 1.73. The maximum Gasteiger partial charge on any atom is 0.260 e. The lowest BCUT2D eigenvalue weighted by Gasteiger charge is -2.34. The second kappa shape index (κ2) is 19.0. The van der Waals surface area contributed by atoms with E-state index in [2.05, 4.69) is 53.0 Å². The van der Waals surface area contributed by atoms with Crippen molar-refractivity contribution in [2.24, 2.45) is 9.98 Å². The largest absolute Gasteiger partial charge is 0.493 e. The number of rotatable bonds is 15. The molecule has 4 heterocycles. The Morgan fingerprint density at radius 3 is 2.10 bits per heavy atom. The zero-order valence-corrected chi connectivity index (χ0v) is 36.0. The summed E-state index contributed by atoms with van der Waals surface area (Å²) in [6.07, 6.45) is 11.2. The second-order valence-corrected chi connectivity index (χ2v) is 16.0. The third kappa shape index (κ3) is 9.18. The number of fused-ring (bicyclic) bond motifs is 3. The summed E-state index contributed by atoms with van der Waals surface area (Å²) in [5, 5.41) is 0. The van der Waals surface area contributed by atoms with Crippen LogP contribution in [0.5, 0.6) is 23.0 Å². The van der Waals surface area contributed by atoms with Gasteiger partial charge < -0.3 is 44.3 Å². The van der Waals surface area contributed by atoms with Crippen molar-refractivity contribution in [3.8, 4) is 23.0 Å². The molecule has 4 aliphatic rings. The molecule has 0 aromatic heterocycles. The van der Waals surface area contributed by atoms with E-state index in [4.69, 9.17) is 29.7 Å². The zero-order valence-electron chi connectivity index (χ0n) is 36.0. The van der Waals surface area contributed by atoms with Gasteiger partial charge in [-0.1, -0.05) is 31.2 Å². The van der Waals surface area contributed by atoms with Crippen LogP contribution in [0.15, 0.2) is 95.2 Å². The number of likely N-dealkylation sites (N-methyl/N-ethyl adjacent to an activating group) is 1. The van der Waals surface area contributed by atoms with Gasteiger partial charge in [-0.25, -0.2) is 0 Å². The lowest BCUT2D eigenvalue weighted by atomic mass is 10.0. The summed E-state index contributed by atoms with van der Waals surface area (Å²) < 4.78 is 23.7. The first-order valence-corrected chi connectivity index (χ1v) is 21.4. The Labute approximate surface area is 363 Å². The predicted molar refractivity (Wildman–Crippen MR) is 246 cm³/mol. The highest BCUT2D eigenvalue weighted by molar-refractivity contribution is 6.06. The van der Waals surface area contributed by atoms with Gasteiger partial charge in [0.05, 0.1) is 62.5 Å². The van der Waals surface area contributed by atoms with Crippen LogP contribution in [-0.4, -0.2) is 112 Å². The number of amides is 2. The molecule has 62 heavy (non-hydrogen) atoms. The molecule has 13 heteroatoms. The molecule has 4 aromatic rings. The minimum atomic E-state index is -0.174. The average Bonchev–Trinajstić information content (AvgIpc) is 3.61. The molecule has 0 unspecified atom stereocenters. The number of ether oxygens (including phenoxy) is 4. The van der Waals surface area contributed by atoms with Gasteiger partial charge in [0.2, 0.25) is 0 Å². The van der Waals surface area contributed by atoms with Crippen LogP contribution >= 0.6 is 0 Å². The molecule has 1 saturated heterocycles. The molecule has 1 atom stereocenters. The Balaban J connectivity index is 0.838. The number of unbranched alkanes of at least 4 members (excludes halogenated alkanes) is 2. The van der Waals surface area contributed by atoms with E-state index in [1.807, 2.05) is 42.9 Å². The number of allylic oxidation sites excluding steroid dienone is 1. The fraction of sp³-hybridized carbons (Fsp3) is 0.347. The maximum absolute atomic E-state index is 13.9. The smallest absolute Gasteiger partial charge is 0.260 e. The topological polar surface area (TPSA) is 135 Å². The molecule has 0 aliphatic carbocycles. The maximum atomic E-state index is 13.9. The molecular weight excluding hydrogens is 783 g/mol. The molecule has 0 radical (unpaired) electrons. The van der Waals surface area contributed by atoms with E-state index >= 15 is 0 Å². The van der Waals surface area contributed by atoms with Crippen LogP contribution in [-0.2, 0) is 0 Å².